The summed E-state index contributed by atoms with van der Waals surface area (Å²) in [6.07, 6.45) is 21.6. The zero-order chi connectivity index (χ0) is 15.0. The number of nitrogens with one attached hydrogen (secondary N) is 3. The van der Waals surface area contributed by atoms with Crippen molar-refractivity contribution in [2.75, 3.05) is 0 Å². The summed E-state index contributed by atoms with van der Waals surface area (Å²) in [4.78, 5) is 0. The molecule has 3 nitrogen and oxygen atoms in total. The summed E-state index contributed by atoms with van der Waals surface area (Å²) in [5.41, 5.74) is 0. The van der Waals surface area contributed by atoms with Crippen molar-refractivity contribution in [3.63, 3.8) is 0 Å². The molecular weight excluding hydrogens is 467 g/mol. The van der Waals surface area contributed by atoms with Crippen LogP contribution < -0.4 is 9.78 Å². The Bertz CT molecular complexity index is 247. The second kappa shape index (κ2) is 9.91. The van der Waals surface area contributed by atoms with E-state index in [0.717, 1.165) is 18.1 Å². The molecule has 0 aromatic carbocycles. The minimum atomic E-state index is -1.92. The van der Waals surface area contributed by atoms with E-state index in [2.05, 4.69) is 9.78 Å². The Labute approximate surface area is 146 Å². The van der Waals surface area contributed by atoms with E-state index >= 15 is 0 Å². The zero-order valence-corrected chi connectivity index (χ0v) is 17.8. The van der Waals surface area contributed by atoms with Crippen LogP contribution in [0, 0.1) is 0 Å². The summed E-state index contributed by atoms with van der Waals surface area (Å²) >= 11 is -1.92. The molecule has 0 aromatic heterocycles. The first-order valence-corrected chi connectivity index (χ1v) is 15.2. The summed E-state index contributed by atoms with van der Waals surface area (Å²) in [5, 5.41) is 0. The molecule has 0 amide bonds. The van der Waals surface area contributed by atoms with Crippen LogP contribution in [0.2, 0.25) is 0 Å². The second-order valence-electron chi connectivity index (χ2n) is 7.73. The summed E-state index contributed by atoms with van der Waals surface area (Å²) in [7, 11) is 0. The Kier molecular flexibility index (Phi) is 7.92. The SMILES string of the molecule is C1CCC([NH][Bi]([NH]C2CCCCC2)[NH]C2CCCCC2)CC1. The molecule has 0 aliphatic heterocycles. The fraction of sp³-hybridized carbons (Fsp3) is 1.00. The standard InChI is InChI=1S/3C6H12N.Bi/c3*7-6-4-2-1-3-5-6;/h3*6-7H,1-5H2;/q3*-1;+3. The van der Waals surface area contributed by atoms with Gasteiger partial charge in [0.05, 0.1) is 0 Å². The molecule has 3 rings (SSSR count). The van der Waals surface area contributed by atoms with Crippen LogP contribution in [-0.4, -0.2) is 40.7 Å². The van der Waals surface area contributed by atoms with Crippen LogP contribution >= 0.6 is 0 Å². The van der Waals surface area contributed by atoms with E-state index < -0.39 is 22.6 Å². The molecule has 3 saturated carbocycles. The number of rotatable bonds is 6. The predicted molar refractivity (Wildman–Crippen MR) is 95.8 cm³/mol. The van der Waals surface area contributed by atoms with E-state index in [1.807, 2.05) is 0 Å². The molecule has 4 heteroatoms. The summed E-state index contributed by atoms with van der Waals surface area (Å²) < 4.78 is 12.4. The van der Waals surface area contributed by atoms with Gasteiger partial charge >= 0.3 is 147 Å². The molecular formula is C18H36BiN3. The Morgan fingerprint density at radius 1 is 0.409 bits per heavy atom. The molecule has 0 atom stereocenters. The Morgan fingerprint density at radius 3 is 0.955 bits per heavy atom. The number of hydrogen-bond donors (Lipinski definition) is 3. The molecule has 3 aliphatic rings. The van der Waals surface area contributed by atoms with Gasteiger partial charge in [0.2, 0.25) is 0 Å². The van der Waals surface area contributed by atoms with Gasteiger partial charge in [-0.25, -0.2) is 0 Å². The topological polar surface area (TPSA) is 36.1 Å². The van der Waals surface area contributed by atoms with Crippen molar-refractivity contribution in [3.8, 4) is 0 Å². The predicted octanol–water partition coefficient (Wildman–Crippen LogP) is 3.74. The molecule has 0 heterocycles. The third-order valence-corrected chi connectivity index (χ3v) is 13.0. The van der Waals surface area contributed by atoms with Crippen LogP contribution in [0.15, 0.2) is 0 Å². The number of hydrogen-bond acceptors (Lipinski definition) is 3. The van der Waals surface area contributed by atoms with Gasteiger partial charge in [-0.05, 0) is 0 Å². The van der Waals surface area contributed by atoms with Crippen LogP contribution in [0.1, 0.15) is 96.3 Å². The quantitative estimate of drug-likeness (QED) is 0.484. The Morgan fingerprint density at radius 2 is 0.682 bits per heavy atom. The van der Waals surface area contributed by atoms with Crippen molar-refractivity contribution in [1.29, 1.82) is 0 Å². The van der Waals surface area contributed by atoms with Crippen molar-refractivity contribution in [3.05, 3.63) is 0 Å². The maximum absolute atomic E-state index is 4.13. The van der Waals surface area contributed by atoms with Gasteiger partial charge in [0.15, 0.2) is 0 Å². The fourth-order valence-corrected chi connectivity index (χ4v) is 12.5. The van der Waals surface area contributed by atoms with E-state index in [1.54, 1.807) is 0 Å². The molecule has 0 aromatic rings. The van der Waals surface area contributed by atoms with Gasteiger partial charge in [-0.3, -0.25) is 0 Å². The van der Waals surface area contributed by atoms with Gasteiger partial charge in [-0.15, -0.1) is 0 Å². The fourth-order valence-electron chi connectivity index (χ4n) is 4.35. The van der Waals surface area contributed by atoms with Gasteiger partial charge in [-0.1, -0.05) is 0 Å². The zero-order valence-electron chi connectivity index (χ0n) is 14.3. The molecule has 3 fully saturated rings. The first-order valence-electron chi connectivity index (χ1n) is 9.99. The van der Waals surface area contributed by atoms with E-state index in [-0.39, 0.29) is 0 Å². The Balaban J connectivity index is 1.50. The first-order chi connectivity index (χ1) is 10.9. The normalized spacial score (nSPS) is 26.6. The average Bonchev–Trinajstić information content (AvgIpc) is 2.57. The summed E-state index contributed by atoms with van der Waals surface area (Å²) in [5.74, 6) is 0. The molecule has 0 spiro atoms. The van der Waals surface area contributed by atoms with E-state index in [0.29, 0.717) is 0 Å². The van der Waals surface area contributed by atoms with Crippen LogP contribution in [-0.2, 0) is 0 Å². The van der Waals surface area contributed by atoms with Gasteiger partial charge in [0.25, 0.3) is 0 Å². The summed E-state index contributed by atoms with van der Waals surface area (Å²) in [6, 6.07) is 2.45. The Hall–Kier alpha value is 0.763. The van der Waals surface area contributed by atoms with Gasteiger partial charge < -0.3 is 0 Å². The van der Waals surface area contributed by atoms with Crippen LogP contribution in [0.25, 0.3) is 0 Å². The van der Waals surface area contributed by atoms with Gasteiger partial charge in [0, 0.05) is 0 Å². The van der Waals surface area contributed by atoms with E-state index in [9.17, 15) is 0 Å². The second-order valence-corrected chi connectivity index (χ2v) is 13.3. The van der Waals surface area contributed by atoms with Gasteiger partial charge in [0.1, 0.15) is 0 Å². The summed E-state index contributed by atoms with van der Waals surface area (Å²) in [6.45, 7) is 0. The van der Waals surface area contributed by atoms with Crippen LogP contribution in [0.5, 0.6) is 0 Å². The van der Waals surface area contributed by atoms with E-state index in [4.69, 9.17) is 0 Å². The van der Waals surface area contributed by atoms with Crippen LogP contribution in [0.3, 0.4) is 0 Å². The molecule has 0 saturated heterocycles. The molecule has 22 heavy (non-hydrogen) atoms. The van der Waals surface area contributed by atoms with Crippen molar-refractivity contribution >= 4 is 22.6 Å². The van der Waals surface area contributed by atoms with E-state index in [1.165, 1.54) is 96.3 Å². The maximum atomic E-state index is 4.13. The molecule has 0 unspecified atom stereocenters. The van der Waals surface area contributed by atoms with Crippen molar-refractivity contribution in [1.82, 2.24) is 9.78 Å². The molecule has 0 bridgehead atoms. The third-order valence-electron chi connectivity index (χ3n) is 5.75. The minimum absolute atomic E-state index is 0.818. The average molecular weight is 503 g/mol. The third kappa shape index (κ3) is 6.00. The van der Waals surface area contributed by atoms with Crippen molar-refractivity contribution in [2.45, 2.75) is 114 Å². The monoisotopic (exact) mass is 503 g/mol. The van der Waals surface area contributed by atoms with Crippen LogP contribution in [0.4, 0.5) is 0 Å². The molecule has 3 N–H and O–H groups in total. The van der Waals surface area contributed by atoms with Crippen molar-refractivity contribution < 1.29 is 0 Å². The molecule has 0 radical (unpaired) electrons. The molecule has 128 valence electrons. The molecule has 3 aliphatic carbocycles. The van der Waals surface area contributed by atoms with Crippen molar-refractivity contribution in [2.24, 2.45) is 0 Å². The first kappa shape index (κ1) is 17.6. The van der Waals surface area contributed by atoms with Gasteiger partial charge in [-0.2, -0.15) is 0 Å².